The van der Waals surface area contributed by atoms with E-state index in [0.29, 0.717) is 5.70 Å². The van der Waals surface area contributed by atoms with Gasteiger partial charge in [0.15, 0.2) is 0 Å². The van der Waals surface area contributed by atoms with E-state index in [0.717, 1.165) is 17.7 Å². The van der Waals surface area contributed by atoms with Crippen LogP contribution in [-0.2, 0) is 0 Å². The normalized spacial score (nSPS) is 10.6. The van der Waals surface area contributed by atoms with E-state index in [4.69, 9.17) is 5.73 Å². The standard InChI is InChI=1S/C13H24N2/c1-5-6-7-8-9-10-15-13(11(2)3)12(4)14/h10H,4-9,14H2,1-3H3. The molecular formula is C13H24N2. The van der Waals surface area contributed by atoms with E-state index in [1.54, 1.807) is 0 Å². The number of nitrogens with two attached hydrogens (primary N) is 1. The van der Waals surface area contributed by atoms with Crippen LogP contribution >= 0.6 is 0 Å². The number of unbranched alkanes of at least 4 members (excludes halogenated alkanes) is 4. The zero-order valence-electron chi connectivity index (χ0n) is 10.3. The van der Waals surface area contributed by atoms with Crippen molar-refractivity contribution in [2.24, 2.45) is 10.7 Å². The molecule has 2 nitrogen and oxygen atoms in total. The highest BCUT2D eigenvalue weighted by molar-refractivity contribution is 5.60. The van der Waals surface area contributed by atoms with Gasteiger partial charge >= 0.3 is 0 Å². The topological polar surface area (TPSA) is 38.4 Å². The van der Waals surface area contributed by atoms with E-state index in [1.165, 1.54) is 25.7 Å². The molecule has 0 aliphatic heterocycles. The highest BCUT2D eigenvalue weighted by Gasteiger charge is 1.97. The molecule has 0 rings (SSSR count). The number of nitrogens with zero attached hydrogens (tertiary/aromatic N) is 1. The molecule has 0 aromatic carbocycles. The van der Waals surface area contributed by atoms with Crippen molar-refractivity contribution < 1.29 is 0 Å². The first kappa shape index (κ1) is 13.9. The Morgan fingerprint density at radius 3 is 2.40 bits per heavy atom. The van der Waals surface area contributed by atoms with Crippen molar-refractivity contribution in [2.45, 2.75) is 52.9 Å². The zero-order chi connectivity index (χ0) is 11.7. The number of allylic oxidation sites excluding steroid dienone is 1. The summed E-state index contributed by atoms with van der Waals surface area (Å²) in [5.41, 5.74) is 8.15. The molecule has 0 aromatic heterocycles. The first-order chi connectivity index (χ1) is 7.09. The Morgan fingerprint density at radius 2 is 1.93 bits per heavy atom. The van der Waals surface area contributed by atoms with E-state index in [9.17, 15) is 0 Å². The van der Waals surface area contributed by atoms with Crippen LogP contribution in [0.15, 0.2) is 28.5 Å². The molecule has 0 unspecified atom stereocenters. The molecule has 0 saturated carbocycles. The lowest BCUT2D eigenvalue weighted by molar-refractivity contribution is 0.685. The molecular weight excluding hydrogens is 184 g/mol. The third kappa shape index (κ3) is 6.95. The largest absolute Gasteiger partial charge is 0.397 e. The molecule has 0 fully saturated rings. The second-order valence-electron chi connectivity index (χ2n) is 4.03. The van der Waals surface area contributed by atoms with Gasteiger partial charge in [-0.05, 0) is 32.3 Å². The van der Waals surface area contributed by atoms with Gasteiger partial charge in [-0.25, -0.2) is 0 Å². The van der Waals surface area contributed by atoms with E-state index in [1.807, 2.05) is 20.1 Å². The number of hydrogen-bond donors (Lipinski definition) is 1. The van der Waals surface area contributed by atoms with Crippen molar-refractivity contribution in [3.8, 4) is 0 Å². The molecule has 15 heavy (non-hydrogen) atoms. The van der Waals surface area contributed by atoms with Gasteiger partial charge in [-0.3, -0.25) is 4.99 Å². The molecule has 2 heteroatoms. The molecule has 0 aliphatic rings. The molecule has 0 radical (unpaired) electrons. The van der Waals surface area contributed by atoms with Crippen LogP contribution in [0.25, 0.3) is 0 Å². The molecule has 0 bridgehead atoms. The van der Waals surface area contributed by atoms with Crippen LogP contribution < -0.4 is 5.73 Å². The van der Waals surface area contributed by atoms with Crippen molar-refractivity contribution in [3.05, 3.63) is 23.5 Å². The predicted octanol–water partition coefficient (Wildman–Crippen LogP) is 3.79. The van der Waals surface area contributed by atoms with Crippen LogP contribution in [0.5, 0.6) is 0 Å². The quantitative estimate of drug-likeness (QED) is 0.386. The van der Waals surface area contributed by atoms with Crippen molar-refractivity contribution in [3.63, 3.8) is 0 Å². The minimum Gasteiger partial charge on any atom is -0.397 e. The maximum atomic E-state index is 5.63. The van der Waals surface area contributed by atoms with Crippen LogP contribution in [0.1, 0.15) is 52.9 Å². The maximum Gasteiger partial charge on any atom is 0.0835 e. The van der Waals surface area contributed by atoms with Crippen LogP contribution in [0.2, 0.25) is 0 Å². The highest BCUT2D eigenvalue weighted by Crippen LogP contribution is 2.10. The van der Waals surface area contributed by atoms with Crippen molar-refractivity contribution >= 4 is 6.21 Å². The van der Waals surface area contributed by atoms with Gasteiger partial charge in [-0.1, -0.05) is 32.8 Å². The minimum atomic E-state index is 0.555. The molecule has 0 aromatic rings. The first-order valence-electron chi connectivity index (χ1n) is 5.74. The number of hydrogen-bond acceptors (Lipinski definition) is 2. The Labute approximate surface area is 94.0 Å². The third-order valence-corrected chi connectivity index (χ3v) is 2.18. The lowest BCUT2D eigenvalue weighted by atomic mass is 10.2. The fourth-order valence-electron chi connectivity index (χ4n) is 1.35. The monoisotopic (exact) mass is 208 g/mol. The SMILES string of the molecule is C=C(N)C(N=CCCCCCC)=C(C)C. The van der Waals surface area contributed by atoms with Gasteiger partial charge in [-0.15, -0.1) is 0 Å². The summed E-state index contributed by atoms with van der Waals surface area (Å²) in [6.07, 6.45) is 8.07. The van der Waals surface area contributed by atoms with E-state index in [2.05, 4.69) is 18.5 Å². The van der Waals surface area contributed by atoms with Gasteiger partial charge in [-0.2, -0.15) is 0 Å². The van der Waals surface area contributed by atoms with Crippen molar-refractivity contribution in [1.82, 2.24) is 0 Å². The molecule has 0 spiro atoms. The molecule has 2 N–H and O–H groups in total. The summed E-state index contributed by atoms with van der Waals surface area (Å²) in [7, 11) is 0. The zero-order valence-corrected chi connectivity index (χ0v) is 10.3. The molecule has 86 valence electrons. The second kappa shape index (κ2) is 8.27. The summed E-state index contributed by atoms with van der Waals surface area (Å²) in [4.78, 5) is 4.35. The van der Waals surface area contributed by atoms with E-state index < -0.39 is 0 Å². The summed E-state index contributed by atoms with van der Waals surface area (Å²) >= 11 is 0. The highest BCUT2D eigenvalue weighted by atomic mass is 14.8. The average Bonchev–Trinajstić information content (AvgIpc) is 2.15. The summed E-state index contributed by atoms with van der Waals surface area (Å²) < 4.78 is 0. The summed E-state index contributed by atoms with van der Waals surface area (Å²) in [5.74, 6) is 0. The molecule has 0 saturated heterocycles. The van der Waals surface area contributed by atoms with Crippen LogP contribution in [0.4, 0.5) is 0 Å². The molecule has 0 heterocycles. The first-order valence-corrected chi connectivity index (χ1v) is 5.74. The third-order valence-electron chi connectivity index (χ3n) is 2.18. The van der Waals surface area contributed by atoms with Crippen molar-refractivity contribution in [2.75, 3.05) is 0 Å². The summed E-state index contributed by atoms with van der Waals surface area (Å²) in [6.45, 7) is 9.93. The van der Waals surface area contributed by atoms with Crippen molar-refractivity contribution in [1.29, 1.82) is 0 Å². The number of aliphatic imine (C=N–C) groups is 1. The average molecular weight is 208 g/mol. The Morgan fingerprint density at radius 1 is 1.27 bits per heavy atom. The van der Waals surface area contributed by atoms with Crippen LogP contribution in [-0.4, -0.2) is 6.21 Å². The summed E-state index contributed by atoms with van der Waals surface area (Å²) in [5, 5.41) is 0. The molecule has 0 aliphatic carbocycles. The van der Waals surface area contributed by atoms with Gasteiger partial charge in [0.2, 0.25) is 0 Å². The fourth-order valence-corrected chi connectivity index (χ4v) is 1.35. The fraction of sp³-hybridized carbons (Fsp3) is 0.615. The Balaban J connectivity index is 3.94. The lowest BCUT2D eigenvalue weighted by Crippen LogP contribution is -1.99. The molecule has 0 atom stereocenters. The van der Waals surface area contributed by atoms with Crippen LogP contribution in [0, 0.1) is 0 Å². The maximum absolute atomic E-state index is 5.63. The predicted molar refractivity (Wildman–Crippen MR) is 69.0 cm³/mol. The van der Waals surface area contributed by atoms with Gasteiger partial charge in [0, 0.05) is 6.21 Å². The van der Waals surface area contributed by atoms with Gasteiger partial charge in [0.25, 0.3) is 0 Å². The molecule has 0 amide bonds. The second-order valence-corrected chi connectivity index (χ2v) is 4.03. The van der Waals surface area contributed by atoms with Gasteiger partial charge in [0.1, 0.15) is 0 Å². The Bertz CT molecular complexity index is 245. The minimum absolute atomic E-state index is 0.555. The Hall–Kier alpha value is -1.05. The van der Waals surface area contributed by atoms with Gasteiger partial charge in [0.05, 0.1) is 11.4 Å². The smallest absolute Gasteiger partial charge is 0.0835 e. The van der Waals surface area contributed by atoms with E-state index in [-0.39, 0.29) is 0 Å². The summed E-state index contributed by atoms with van der Waals surface area (Å²) in [6, 6.07) is 0. The lowest BCUT2D eigenvalue weighted by Gasteiger charge is -2.02. The van der Waals surface area contributed by atoms with Gasteiger partial charge < -0.3 is 5.73 Å². The van der Waals surface area contributed by atoms with E-state index >= 15 is 0 Å². The Kier molecular flexibility index (Phi) is 7.69. The number of rotatable bonds is 7. The van der Waals surface area contributed by atoms with Crippen LogP contribution in [0.3, 0.4) is 0 Å².